The molecule has 1 heterocycles. The maximum atomic E-state index is 12.2. The van der Waals surface area contributed by atoms with Crippen molar-refractivity contribution in [2.45, 2.75) is 26.3 Å². The van der Waals surface area contributed by atoms with Crippen LogP contribution < -0.4 is 5.73 Å². The molecule has 6 heteroatoms. The lowest BCUT2D eigenvalue weighted by atomic mass is 9.98. The molecule has 2 unspecified atom stereocenters. The van der Waals surface area contributed by atoms with E-state index < -0.39 is 6.04 Å². The third kappa shape index (κ3) is 4.45. The summed E-state index contributed by atoms with van der Waals surface area (Å²) in [4.78, 5) is 29.4. The van der Waals surface area contributed by atoms with Gasteiger partial charge in [0.15, 0.2) is 0 Å². The molecule has 0 aromatic rings. The van der Waals surface area contributed by atoms with Crippen LogP contribution in [0.4, 0.5) is 0 Å². The molecule has 0 aromatic heterocycles. The van der Waals surface area contributed by atoms with Crippen molar-refractivity contribution in [1.82, 2.24) is 14.7 Å². The van der Waals surface area contributed by atoms with Gasteiger partial charge in [-0.1, -0.05) is 20.3 Å². The Labute approximate surface area is 121 Å². The highest BCUT2D eigenvalue weighted by Crippen LogP contribution is 2.10. The number of nitrogens with two attached hydrogens (primary N) is 1. The van der Waals surface area contributed by atoms with Crippen LogP contribution in [0.5, 0.6) is 0 Å². The second kappa shape index (κ2) is 7.59. The zero-order valence-corrected chi connectivity index (χ0v) is 13.1. The zero-order chi connectivity index (χ0) is 15.3. The molecule has 0 aromatic carbocycles. The van der Waals surface area contributed by atoms with E-state index >= 15 is 0 Å². The number of carbonyl (C=O) groups excluding carboxylic acids is 2. The minimum Gasteiger partial charge on any atom is -0.348 e. The summed E-state index contributed by atoms with van der Waals surface area (Å²) in [6.45, 7) is 7.26. The van der Waals surface area contributed by atoms with E-state index in [9.17, 15) is 9.59 Å². The first kappa shape index (κ1) is 16.9. The molecule has 2 amide bonds. The lowest BCUT2D eigenvalue weighted by molar-refractivity contribution is -0.136. The third-order valence-corrected chi connectivity index (χ3v) is 4.08. The quantitative estimate of drug-likeness (QED) is 0.745. The molecule has 20 heavy (non-hydrogen) atoms. The molecule has 0 spiro atoms. The van der Waals surface area contributed by atoms with Crippen molar-refractivity contribution < 1.29 is 9.59 Å². The van der Waals surface area contributed by atoms with Crippen molar-refractivity contribution >= 4 is 11.8 Å². The van der Waals surface area contributed by atoms with Crippen molar-refractivity contribution in [2.75, 3.05) is 46.8 Å². The predicted molar refractivity (Wildman–Crippen MR) is 79.1 cm³/mol. The minimum absolute atomic E-state index is 0.0398. The summed E-state index contributed by atoms with van der Waals surface area (Å²) in [7, 11) is 3.51. The molecular weight excluding hydrogens is 256 g/mol. The van der Waals surface area contributed by atoms with Crippen molar-refractivity contribution in [1.29, 1.82) is 0 Å². The monoisotopic (exact) mass is 284 g/mol. The summed E-state index contributed by atoms with van der Waals surface area (Å²) in [5.74, 6) is 0.342. The van der Waals surface area contributed by atoms with E-state index in [1.165, 1.54) is 0 Å². The van der Waals surface area contributed by atoms with Crippen molar-refractivity contribution in [3.63, 3.8) is 0 Å². The highest BCUT2D eigenvalue weighted by Gasteiger charge is 2.28. The van der Waals surface area contributed by atoms with Gasteiger partial charge in [-0.25, -0.2) is 0 Å². The molecule has 2 atom stereocenters. The fourth-order valence-corrected chi connectivity index (χ4v) is 2.17. The second-order valence-electron chi connectivity index (χ2n) is 5.80. The van der Waals surface area contributed by atoms with Gasteiger partial charge in [-0.15, -0.1) is 0 Å². The average molecular weight is 284 g/mol. The average Bonchev–Trinajstić information content (AvgIpc) is 2.45. The number of hydrogen-bond donors (Lipinski definition) is 1. The summed E-state index contributed by atoms with van der Waals surface area (Å²) in [5, 5.41) is 0. The molecule has 1 aliphatic rings. The molecule has 6 nitrogen and oxygen atoms in total. The van der Waals surface area contributed by atoms with E-state index in [0.717, 1.165) is 19.5 Å². The summed E-state index contributed by atoms with van der Waals surface area (Å²) < 4.78 is 0. The Morgan fingerprint density at radius 3 is 2.20 bits per heavy atom. The number of hydrogen-bond acceptors (Lipinski definition) is 4. The SMILES string of the molecule is CCC(C)C(N)C(=O)N1CCN(CC(=O)N(C)C)CC1. The van der Waals surface area contributed by atoms with Crippen LogP contribution in [0.2, 0.25) is 0 Å². The molecule has 0 radical (unpaired) electrons. The minimum atomic E-state index is -0.407. The van der Waals surface area contributed by atoms with Crippen LogP contribution in [0.25, 0.3) is 0 Å². The predicted octanol–water partition coefficient (Wildman–Crippen LogP) is -0.408. The summed E-state index contributed by atoms with van der Waals surface area (Å²) >= 11 is 0. The Morgan fingerprint density at radius 1 is 1.20 bits per heavy atom. The van der Waals surface area contributed by atoms with Gasteiger partial charge in [0.05, 0.1) is 12.6 Å². The zero-order valence-electron chi connectivity index (χ0n) is 13.1. The Bertz CT molecular complexity index is 338. The number of carbonyl (C=O) groups is 2. The first-order valence-electron chi connectivity index (χ1n) is 7.33. The normalized spacial score (nSPS) is 19.6. The van der Waals surface area contributed by atoms with Gasteiger partial charge in [-0.2, -0.15) is 0 Å². The molecule has 1 fully saturated rings. The molecule has 1 aliphatic heterocycles. The summed E-state index contributed by atoms with van der Waals surface area (Å²) in [6, 6.07) is -0.407. The Balaban J connectivity index is 2.42. The lowest BCUT2D eigenvalue weighted by Gasteiger charge is -2.36. The van der Waals surface area contributed by atoms with Crippen LogP contribution >= 0.6 is 0 Å². The Kier molecular flexibility index (Phi) is 6.42. The van der Waals surface area contributed by atoms with Gasteiger partial charge in [0, 0.05) is 40.3 Å². The number of rotatable bonds is 5. The van der Waals surface area contributed by atoms with E-state index in [-0.39, 0.29) is 17.7 Å². The van der Waals surface area contributed by atoms with E-state index in [4.69, 9.17) is 5.73 Å². The van der Waals surface area contributed by atoms with Crippen molar-refractivity contribution in [2.24, 2.45) is 11.7 Å². The molecule has 2 N–H and O–H groups in total. The topological polar surface area (TPSA) is 69.9 Å². The van der Waals surface area contributed by atoms with E-state index in [1.807, 2.05) is 18.7 Å². The summed E-state index contributed by atoms with van der Waals surface area (Å²) in [6.07, 6.45) is 0.907. The Hall–Kier alpha value is -1.14. The first-order valence-corrected chi connectivity index (χ1v) is 7.33. The van der Waals surface area contributed by atoms with Crippen molar-refractivity contribution in [3.05, 3.63) is 0 Å². The van der Waals surface area contributed by atoms with Crippen LogP contribution in [0, 0.1) is 5.92 Å². The number of amides is 2. The van der Waals surface area contributed by atoms with Crippen molar-refractivity contribution in [3.8, 4) is 0 Å². The highest BCUT2D eigenvalue weighted by molar-refractivity contribution is 5.82. The smallest absolute Gasteiger partial charge is 0.239 e. The first-order chi connectivity index (χ1) is 9.36. The maximum Gasteiger partial charge on any atom is 0.239 e. The maximum absolute atomic E-state index is 12.2. The van der Waals surface area contributed by atoms with E-state index in [2.05, 4.69) is 4.90 Å². The van der Waals surface area contributed by atoms with Gasteiger partial charge >= 0.3 is 0 Å². The lowest BCUT2D eigenvalue weighted by Crippen LogP contribution is -2.55. The van der Waals surface area contributed by atoms with Crippen LogP contribution in [0.1, 0.15) is 20.3 Å². The van der Waals surface area contributed by atoms with E-state index in [0.29, 0.717) is 19.6 Å². The van der Waals surface area contributed by atoms with E-state index in [1.54, 1.807) is 19.0 Å². The number of piperazine rings is 1. The van der Waals surface area contributed by atoms with Gasteiger partial charge in [0.1, 0.15) is 0 Å². The van der Waals surface area contributed by atoms with Gasteiger partial charge < -0.3 is 15.5 Å². The van der Waals surface area contributed by atoms with Crippen LogP contribution in [-0.4, -0.2) is 79.4 Å². The standard InChI is InChI=1S/C14H28N4O2/c1-5-11(2)13(15)14(20)18-8-6-17(7-9-18)10-12(19)16(3)4/h11,13H,5-10,15H2,1-4H3. The fourth-order valence-electron chi connectivity index (χ4n) is 2.17. The summed E-state index contributed by atoms with van der Waals surface area (Å²) in [5.41, 5.74) is 5.99. The van der Waals surface area contributed by atoms with Gasteiger partial charge in [0.2, 0.25) is 11.8 Å². The largest absolute Gasteiger partial charge is 0.348 e. The molecule has 0 saturated carbocycles. The van der Waals surface area contributed by atoms with Crippen LogP contribution in [-0.2, 0) is 9.59 Å². The fraction of sp³-hybridized carbons (Fsp3) is 0.857. The molecule has 0 aliphatic carbocycles. The second-order valence-corrected chi connectivity index (χ2v) is 5.80. The van der Waals surface area contributed by atoms with Gasteiger partial charge in [0.25, 0.3) is 0 Å². The molecule has 116 valence electrons. The Morgan fingerprint density at radius 2 is 1.75 bits per heavy atom. The van der Waals surface area contributed by atoms with Gasteiger partial charge in [-0.05, 0) is 5.92 Å². The van der Waals surface area contributed by atoms with Crippen LogP contribution in [0.15, 0.2) is 0 Å². The number of likely N-dealkylation sites (N-methyl/N-ethyl adjacent to an activating group) is 1. The molecular formula is C14H28N4O2. The third-order valence-electron chi connectivity index (χ3n) is 4.08. The number of nitrogens with zero attached hydrogens (tertiary/aromatic N) is 3. The van der Waals surface area contributed by atoms with Crippen LogP contribution in [0.3, 0.4) is 0 Å². The molecule has 0 bridgehead atoms. The highest BCUT2D eigenvalue weighted by atomic mass is 16.2. The van der Waals surface area contributed by atoms with Gasteiger partial charge in [-0.3, -0.25) is 14.5 Å². The molecule has 1 rings (SSSR count). The molecule has 1 saturated heterocycles.